The van der Waals surface area contributed by atoms with E-state index in [1.54, 1.807) is 11.3 Å². The molecule has 0 aliphatic carbocycles. The van der Waals surface area contributed by atoms with E-state index in [2.05, 4.69) is 47.3 Å². The van der Waals surface area contributed by atoms with Crippen molar-refractivity contribution in [3.8, 4) is 0 Å². The molecule has 22 heavy (non-hydrogen) atoms. The number of hydrogen-bond donors (Lipinski definition) is 1. The summed E-state index contributed by atoms with van der Waals surface area (Å²) in [4.78, 5) is 8.21. The van der Waals surface area contributed by atoms with Gasteiger partial charge in [0, 0.05) is 30.1 Å². The first kappa shape index (κ1) is 15.7. The van der Waals surface area contributed by atoms with Crippen LogP contribution in [0.5, 0.6) is 0 Å². The molecule has 1 N–H and O–H groups in total. The van der Waals surface area contributed by atoms with Gasteiger partial charge in [-0.05, 0) is 54.9 Å². The maximum atomic E-state index is 10.5. The third-order valence-electron chi connectivity index (χ3n) is 4.58. The van der Waals surface area contributed by atoms with Gasteiger partial charge in [-0.3, -0.25) is 9.88 Å². The van der Waals surface area contributed by atoms with E-state index in [1.165, 1.54) is 16.0 Å². The number of β-amino-alcohol motifs (C(OH)–C–C–N with tert-alkyl or cyclic N) is 1. The van der Waals surface area contributed by atoms with Crippen LogP contribution >= 0.6 is 11.3 Å². The van der Waals surface area contributed by atoms with Crippen molar-refractivity contribution in [2.75, 3.05) is 13.1 Å². The van der Waals surface area contributed by atoms with E-state index in [-0.39, 0.29) is 6.10 Å². The maximum Gasteiger partial charge on any atom is 0.0744 e. The second-order valence-electron chi connectivity index (χ2n) is 6.18. The van der Waals surface area contributed by atoms with Crippen molar-refractivity contribution in [2.24, 2.45) is 0 Å². The summed E-state index contributed by atoms with van der Waals surface area (Å²) < 4.78 is 0. The van der Waals surface area contributed by atoms with E-state index in [4.69, 9.17) is 0 Å². The first-order valence-corrected chi connectivity index (χ1v) is 8.93. The van der Waals surface area contributed by atoms with Gasteiger partial charge in [-0.15, -0.1) is 11.3 Å². The van der Waals surface area contributed by atoms with Crippen LogP contribution in [0.2, 0.25) is 0 Å². The molecule has 0 unspecified atom stereocenters. The van der Waals surface area contributed by atoms with Crippen LogP contribution in [0, 0.1) is 6.92 Å². The van der Waals surface area contributed by atoms with Crippen molar-refractivity contribution in [2.45, 2.75) is 45.3 Å². The molecule has 3 nitrogen and oxygen atoms in total. The van der Waals surface area contributed by atoms with Crippen molar-refractivity contribution >= 4 is 11.3 Å². The van der Waals surface area contributed by atoms with Gasteiger partial charge in [0.15, 0.2) is 0 Å². The predicted molar refractivity (Wildman–Crippen MR) is 91.3 cm³/mol. The first-order chi connectivity index (χ1) is 10.7. The SMILES string of the molecule is CCc1ccc(CN2CC[C@H](c3sccc3C)[C@@H](O)C2)nc1. The van der Waals surface area contributed by atoms with Crippen LogP contribution in [-0.4, -0.2) is 34.2 Å². The number of likely N-dealkylation sites (tertiary alicyclic amines) is 1. The molecule has 1 saturated heterocycles. The van der Waals surface area contributed by atoms with Gasteiger partial charge in [0.25, 0.3) is 0 Å². The van der Waals surface area contributed by atoms with Crippen molar-refractivity contribution in [1.29, 1.82) is 0 Å². The average molecular weight is 316 g/mol. The Morgan fingerprint density at radius 1 is 1.36 bits per heavy atom. The van der Waals surface area contributed by atoms with Crippen LogP contribution in [-0.2, 0) is 13.0 Å². The smallest absolute Gasteiger partial charge is 0.0744 e. The summed E-state index contributed by atoms with van der Waals surface area (Å²) in [5.41, 5.74) is 3.69. The second kappa shape index (κ2) is 6.90. The quantitative estimate of drug-likeness (QED) is 0.939. The van der Waals surface area contributed by atoms with Crippen LogP contribution in [0.1, 0.15) is 41.0 Å². The highest BCUT2D eigenvalue weighted by Gasteiger charge is 2.30. The lowest BCUT2D eigenvalue weighted by Gasteiger charge is -2.35. The van der Waals surface area contributed by atoms with Gasteiger partial charge >= 0.3 is 0 Å². The zero-order chi connectivity index (χ0) is 15.5. The van der Waals surface area contributed by atoms with Gasteiger partial charge in [-0.1, -0.05) is 13.0 Å². The summed E-state index contributed by atoms with van der Waals surface area (Å²) in [7, 11) is 0. The molecule has 3 rings (SSSR count). The van der Waals surface area contributed by atoms with Gasteiger partial charge < -0.3 is 5.11 Å². The molecule has 0 aromatic carbocycles. The Morgan fingerprint density at radius 2 is 2.23 bits per heavy atom. The lowest BCUT2D eigenvalue weighted by atomic mass is 9.90. The summed E-state index contributed by atoms with van der Waals surface area (Å²) in [6.45, 7) is 6.88. The Kier molecular flexibility index (Phi) is 4.91. The third-order valence-corrected chi connectivity index (χ3v) is 5.74. The molecule has 1 aliphatic rings. The molecule has 2 aromatic rings. The molecule has 0 spiro atoms. The lowest BCUT2D eigenvalue weighted by Crippen LogP contribution is -2.42. The molecule has 0 bridgehead atoms. The van der Waals surface area contributed by atoms with Gasteiger partial charge in [-0.25, -0.2) is 0 Å². The molecule has 1 fully saturated rings. The Hall–Kier alpha value is -1.23. The molecule has 118 valence electrons. The number of hydrogen-bond acceptors (Lipinski definition) is 4. The lowest BCUT2D eigenvalue weighted by molar-refractivity contribution is 0.0480. The molecule has 4 heteroatoms. The van der Waals surface area contributed by atoms with E-state index < -0.39 is 0 Å². The molecule has 2 aromatic heterocycles. The van der Waals surface area contributed by atoms with E-state index in [0.29, 0.717) is 5.92 Å². The Balaban J connectivity index is 1.61. The number of aryl methyl sites for hydroxylation is 2. The number of aromatic nitrogens is 1. The maximum absolute atomic E-state index is 10.5. The summed E-state index contributed by atoms with van der Waals surface area (Å²) in [5, 5.41) is 12.7. The fourth-order valence-corrected chi connectivity index (χ4v) is 4.32. The monoisotopic (exact) mass is 316 g/mol. The topological polar surface area (TPSA) is 36.4 Å². The average Bonchev–Trinajstić information content (AvgIpc) is 2.94. The standard InChI is InChI=1S/C18H24N2OS/c1-3-14-4-5-15(19-10-14)11-20-8-6-16(17(21)12-20)18-13(2)7-9-22-18/h4-5,7,9-10,16-17,21H,3,6,8,11-12H2,1-2H3/t16-,17-/m0/s1. The van der Waals surface area contributed by atoms with E-state index in [0.717, 1.165) is 38.2 Å². The largest absolute Gasteiger partial charge is 0.391 e. The number of piperidine rings is 1. The molecule has 0 radical (unpaired) electrons. The van der Waals surface area contributed by atoms with E-state index in [1.807, 2.05) is 6.20 Å². The zero-order valence-electron chi connectivity index (χ0n) is 13.3. The first-order valence-electron chi connectivity index (χ1n) is 8.05. The fourth-order valence-electron chi connectivity index (χ4n) is 3.20. The summed E-state index contributed by atoms with van der Waals surface area (Å²) in [5.74, 6) is 0.298. The molecule has 0 saturated carbocycles. The van der Waals surface area contributed by atoms with E-state index in [9.17, 15) is 5.11 Å². The van der Waals surface area contributed by atoms with Crippen molar-refractivity contribution in [1.82, 2.24) is 9.88 Å². The van der Waals surface area contributed by atoms with Crippen LogP contribution in [0.15, 0.2) is 29.8 Å². The summed E-state index contributed by atoms with van der Waals surface area (Å²) in [6.07, 6.45) is 3.74. The normalized spacial score (nSPS) is 22.9. The Bertz CT molecular complexity index is 608. The summed E-state index contributed by atoms with van der Waals surface area (Å²) in [6, 6.07) is 6.42. The number of rotatable bonds is 4. The zero-order valence-corrected chi connectivity index (χ0v) is 14.1. The van der Waals surface area contributed by atoms with Gasteiger partial charge in [0.2, 0.25) is 0 Å². The van der Waals surface area contributed by atoms with Crippen LogP contribution < -0.4 is 0 Å². The molecule has 0 amide bonds. The number of aliphatic hydroxyl groups excluding tert-OH is 1. The molecular weight excluding hydrogens is 292 g/mol. The van der Waals surface area contributed by atoms with Gasteiger partial charge in [0.05, 0.1) is 11.8 Å². The van der Waals surface area contributed by atoms with Crippen LogP contribution in [0.4, 0.5) is 0 Å². The third kappa shape index (κ3) is 3.40. The van der Waals surface area contributed by atoms with Gasteiger partial charge in [0.1, 0.15) is 0 Å². The molecule has 1 aliphatic heterocycles. The molecule has 3 heterocycles. The predicted octanol–water partition coefficient (Wildman–Crippen LogP) is 3.36. The highest BCUT2D eigenvalue weighted by molar-refractivity contribution is 7.10. The molecular formula is C18H24N2OS. The number of thiophene rings is 1. The number of pyridine rings is 1. The van der Waals surface area contributed by atoms with E-state index >= 15 is 0 Å². The van der Waals surface area contributed by atoms with Crippen LogP contribution in [0.25, 0.3) is 0 Å². The molecule has 2 atom stereocenters. The fraction of sp³-hybridized carbons (Fsp3) is 0.500. The summed E-state index contributed by atoms with van der Waals surface area (Å²) >= 11 is 1.78. The number of nitrogens with zero attached hydrogens (tertiary/aromatic N) is 2. The Labute approximate surface area is 136 Å². The van der Waals surface area contributed by atoms with Crippen molar-refractivity contribution in [3.05, 3.63) is 51.5 Å². The number of aliphatic hydroxyl groups is 1. The van der Waals surface area contributed by atoms with Crippen LogP contribution in [0.3, 0.4) is 0 Å². The van der Waals surface area contributed by atoms with Crippen molar-refractivity contribution in [3.63, 3.8) is 0 Å². The Morgan fingerprint density at radius 3 is 2.82 bits per heavy atom. The van der Waals surface area contributed by atoms with Gasteiger partial charge in [-0.2, -0.15) is 0 Å². The van der Waals surface area contributed by atoms with Crippen molar-refractivity contribution < 1.29 is 5.11 Å². The minimum atomic E-state index is -0.277. The highest BCUT2D eigenvalue weighted by atomic mass is 32.1. The second-order valence-corrected chi connectivity index (χ2v) is 7.12. The minimum Gasteiger partial charge on any atom is -0.391 e. The minimum absolute atomic E-state index is 0.277. The highest BCUT2D eigenvalue weighted by Crippen LogP contribution is 2.34.